The predicted octanol–water partition coefficient (Wildman–Crippen LogP) is 2.20. The van der Waals surface area contributed by atoms with Crippen molar-refractivity contribution in [2.24, 2.45) is 4.95 Å². The smallest absolute Gasteiger partial charge is 0.326 e. The van der Waals surface area contributed by atoms with Crippen LogP contribution < -0.4 is 0 Å². The second-order valence-electron chi connectivity index (χ2n) is 1.98. The Morgan fingerprint density at radius 2 is 2.45 bits per heavy atom. The van der Waals surface area contributed by atoms with Gasteiger partial charge in [-0.05, 0) is 11.4 Å². The third-order valence-corrected chi connectivity index (χ3v) is 3.17. The third-order valence-electron chi connectivity index (χ3n) is 1.07. The molecule has 0 radical (unpaired) electrons. The van der Waals surface area contributed by atoms with Crippen LogP contribution in [0.5, 0.6) is 0 Å². The minimum atomic E-state index is -3.78. The van der Waals surface area contributed by atoms with Gasteiger partial charge in [-0.3, -0.25) is 4.57 Å². The van der Waals surface area contributed by atoms with Crippen molar-refractivity contribution in [3.8, 4) is 0 Å². The van der Waals surface area contributed by atoms with E-state index in [0.717, 1.165) is 0 Å². The quantitative estimate of drug-likeness (QED) is 0.588. The van der Waals surface area contributed by atoms with Crippen molar-refractivity contribution in [3.63, 3.8) is 0 Å². The van der Waals surface area contributed by atoms with Crippen molar-refractivity contribution in [3.05, 3.63) is 27.3 Å². The zero-order chi connectivity index (χ0) is 8.32. The SMILES string of the molecule is O=NP(=O)(O)Cc1cccs1. The van der Waals surface area contributed by atoms with Crippen LogP contribution >= 0.6 is 18.9 Å². The second-order valence-corrected chi connectivity index (χ2v) is 4.82. The van der Waals surface area contributed by atoms with E-state index in [1.165, 1.54) is 11.3 Å². The minimum Gasteiger partial charge on any atom is -0.326 e. The molecule has 1 aromatic rings. The van der Waals surface area contributed by atoms with Gasteiger partial charge in [0.25, 0.3) is 0 Å². The summed E-state index contributed by atoms with van der Waals surface area (Å²) in [6, 6.07) is 3.45. The maximum atomic E-state index is 10.7. The zero-order valence-electron chi connectivity index (χ0n) is 5.51. The van der Waals surface area contributed by atoms with E-state index in [4.69, 9.17) is 4.89 Å². The molecular weight excluding hydrogens is 185 g/mol. The molecule has 1 heterocycles. The van der Waals surface area contributed by atoms with Gasteiger partial charge in [0.1, 0.15) is 0 Å². The molecule has 0 aliphatic heterocycles. The third kappa shape index (κ3) is 2.54. The van der Waals surface area contributed by atoms with E-state index in [1.54, 1.807) is 17.5 Å². The molecule has 0 aliphatic rings. The molecule has 4 nitrogen and oxygen atoms in total. The molecule has 0 spiro atoms. The molecule has 1 rings (SSSR count). The first-order chi connectivity index (χ1) is 5.14. The highest BCUT2D eigenvalue weighted by molar-refractivity contribution is 7.55. The Labute approximate surface area is 67.4 Å². The van der Waals surface area contributed by atoms with Crippen LogP contribution in [0.4, 0.5) is 0 Å². The molecule has 0 fully saturated rings. The molecule has 1 atom stereocenters. The Bertz CT molecular complexity index is 284. The Morgan fingerprint density at radius 3 is 2.91 bits per heavy atom. The summed E-state index contributed by atoms with van der Waals surface area (Å²) in [5.74, 6) is 0. The van der Waals surface area contributed by atoms with Crippen LogP contribution in [0.15, 0.2) is 22.5 Å². The van der Waals surface area contributed by atoms with Crippen molar-refractivity contribution < 1.29 is 9.46 Å². The van der Waals surface area contributed by atoms with Gasteiger partial charge in [0.15, 0.2) is 0 Å². The topological polar surface area (TPSA) is 66.7 Å². The van der Waals surface area contributed by atoms with Gasteiger partial charge in [-0.25, -0.2) is 0 Å². The average Bonchev–Trinajstić information content (AvgIpc) is 2.39. The van der Waals surface area contributed by atoms with Crippen LogP contribution in [0.3, 0.4) is 0 Å². The van der Waals surface area contributed by atoms with Gasteiger partial charge in [0.05, 0.1) is 6.16 Å². The molecule has 11 heavy (non-hydrogen) atoms. The van der Waals surface area contributed by atoms with Gasteiger partial charge in [-0.1, -0.05) is 6.07 Å². The maximum Gasteiger partial charge on any atom is 0.355 e. The number of rotatable bonds is 3. The monoisotopic (exact) mass is 191 g/mol. The first-order valence-electron chi connectivity index (χ1n) is 2.83. The largest absolute Gasteiger partial charge is 0.355 e. The fourth-order valence-corrected chi connectivity index (χ4v) is 2.50. The minimum absolute atomic E-state index is 0.145. The van der Waals surface area contributed by atoms with Crippen LogP contribution in [-0.2, 0) is 10.7 Å². The van der Waals surface area contributed by atoms with Gasteiger partial charge in [0.2, 0.25) is 0 Å². The van der Waals surface area contributed by atoms with Crippen LogP contribution in [0.2, 0.25) is 0 Å². The van der Waals surface area contributed by atoms with Gasteiger partial charge in [-0.2, -0.15) is 0 Å². The summed E-state index contributed by atoms with van der Waals surface area (Å²) in [7, 11) is -3.78. The highest BCUT2D eigenvalue weighted by Gasteiger charge is 2.19. The summed E-state index contributed by atoms with van der Waals surface area (Å²) in [4.78, 5) is 21.4. The summed E-state index contributed by atoms with van der Waals surface area (Å²) < 4.78 is 10.7. The van der Waals surface area contributed by atoms with Crippen LogP contribution in [0.1, 0.15) is 4.88 Å². The molecule has 0 bridgehead atoms. The number of thiophene rings is 1. The number of hydrogen-bond acceptors (Lipinski definition) is 3. The fourth-order valence-electron chi connectivity index (χ4n) is 0.634. The van der Waals surface area contributed by atoms with E-state index >= 15 is 0 Å². The van der Waals surface area contributed by atoms with E-state index < -0.39 is 7.52 Å². The Kier molecular flexibility index (Phi) is 2.54. The molecule has 1 N–H and O–H groups in total. The lowest BCUT2D eigenvalue weighted by Gasteiger charge is -1.97. The molecule has 1 aromatic heterocycles. The van der Waals surface area contributed by atoms with E-state index in [9.17, 15) is 9.47 Å². The predicted molar refractivity (Wildman–Crippen MR) is 43.6 cm³/mol. The molecule has 60 valence electrons. The van der Waals surface area contributed by atoms with Gasteiger partial charge >= 0.3 is 7.52 Å². The lowest BCUT2D eigenvalue weighted by Crippen LogP contribution is -1.79. The highest BCUT2D eigenvalue weighted by Crippen LogP contribution is 2.46. The van der Waals surface area contributed by atoms with E-state index in [0.29, 0.717) is 4.88 Å². The summed E-state index contributed by atoms with van der Waals surface area (Å²) in [6.45, 7) is 0. The number of hydrogen-bond donors (Lipinski definition) is 1. The molecule has 0 amide bonds. The molecular formula is C5H6NO3PS. The van der Waals surface area contributed by atoms with Crippen molar-refractivity contribution >= 4 is 18.9 Å². The lowest BCUT2D eigenvalue weighted by atomic mass is 10.5. The molecule has 6 heteroatoms. The van der Waals surface area contributed by atoms with Gasteiger partial charge in [-0.15, -0.1) is 16.2 Å². The van der Waals surface area contributed by atoms with Crippen molar-refractivity contribution in [2.45, 2.75) is 6.16 Å². The average molecular weight is 191 g/mol. The highest BCUT2D eigenvalue weighted by atomic mass is 32.1. The summed E-state index contributed by atoms with van der Waals surface area (Å²) in [6.07, 6.45) is -0.145. The summed E-state index contributed by atoms with van der Waals surface area (Å²) in [5, 5.41) is 1.78. The first kappa shape index (κ1) is 8.59. The maximum absolute atomic E-state index is 10.7. The summed E-state index contributed by atoms with van der Waals surface area (Å²) in [5.41, 5.74) is 0. The number of nitrogens with zero attached hydrogens (tertiary/aromatic N) is 1. The Hall–Kier alpha value is -0.510. The molecule has 1 unspecified atom stereocenters. The van der Waals surface area contributed by atoms with Crippen molar-refractivity contribution in [1.82, 2.24) is 0 Å². The fraction of sp³-hybridized carbons (Fsp3) is 0.200. The second kappa shape index (κ2) is 3.26. The van der Waals surface area contributed by atoms with E-state index in [-0.39, 0.29) is 6.16 Å². The number of nitroso groups, excluding NO2 is 1. The summed E-state index contributed by atoms with van der Waals surface area (Å²) >= 11 is 1.33. The first-order valence-corrected chi connectivity index (χ1v) is 5.51. The van der Waals surface area contributed by atoms with E-state index in [2.05, 4.69) is 4.95 Å². The van der Waals surface area contributed by atoms with Crippen molar-refractivity contribution in [1.29, 1.82) is 0 Å². The van der Waals surface area contributed by atoms with Gasteiger partial charge < -0.3 is 4.89 Å². The van der Waals surface area contributed by atoms with Crippen LogP contribution in [-0.4, -0.2) is 4.89 Å². The lowest BCUT2D eigenvalue weighted by molar-refractivity contribution is 0.478. The van der Waals surface area contributed by atoms with E-state index in [1.807, 2.05) is 0 Å². The molecule has 0 saturated heterocycles. The van der Waals surface area contributed by atoms with Crippen molar-refractivity contribution in [2.75, 3.05) is 0 Å². The Balaban J connectivity index is 2.71. The van der Waals surface area contributed by atoms with Crippen LogP contribution in [0.25, 0.3) is 0 Å². The van der Waals surface area contributed by atoms with Crippen LogP contribution in [0, 0.1) is 4.91 Å². The molecule has 0 aliphatic carbocycles. The normalized spacial score (nSPS) is 15.7. The Morgan fingerprint density at radius 1 is 1.73 bits per heavy atom. The standard InChI is InChI=1S/C5H6NO3PS/c7-6-10(8,9)4-5-2-1-3-11-5/h1-3H,4H2,(H,8,9). The molecule has 0 saturated carbocycles. The van der Waals surface area contributed by atoms with Gasteiger partial charge in [0, 0.05) is 9.82 Å². The molecule has 0 aromatic carbocycles. The zero-order valence-corrected chi connectivity index (χ0v) is 7.22.